The number of rotatable bonds is 5. The molecule has 2 heterocycles. The van der Waals surface area contributed by atoms with Gasteiger partial charge in [-0.3, -0.25) is 0 Å². The molecule has 18 heavy (non-hydrogen) atoms. The molecule has 0 unspecified atom stereocenters. The van der Waals surface area contributed by atoms with Crippen molar-refractivity contribution in [3.05, 3.63) is 22.4 Å². The van der Waals surface area contributed by atoms with Crippen LogP contribution in [0.25, 0.3) is 0 Å². The molecule has 0 aliphatic carbocycles. The average Bonchev–Trinajstić information content (AvgIpc) is 2.83. The zero-order valence-electron chi connectivity index (χ0n) is 10.6. The first-order valence-corrected chi connectivity index (χ1v) is 8.83. The molecule has 1 aromatic heterocycles. The molecule has 4 nitrogen and oxygen atoms in total. The number of sulfonamides is 1. The van der Waals surface area contributed by atoms with Crippen molar-refractivity contribution in [1.29, 1.82) is 0 Å². The highest BCUT2D eigenvalue weighted by Crippen LogP contribution is 2.13. The van der Waals surface area contributed by atoms with Crippen LogP contribution in [0.5, 0.6) is 0 Å². The van der Waals surface area contributed by atoms with E-state index >= 15 is 0 Å². The summed E-state index contributed by atoms with van der Waals surface area (Å²) < 4.78 is 26.8. The van der Waals surface area contributed by atoms with Crippen LogP contribution in [-0.4, -0.2) is 33.3 Å². The standard InChI is InChI=1S/C12H20N2O2S2/c1-10-4-6-13-9-12(10)14-18(15,16)8-5-11-3-2-7-17-11/h2-3,7,10,12-14H,4-6,8-9H2,1H3/t10-,12-/m1/s1. The Hall–Kier alpha value is -0.430. The molecule has 0 bridgehead atoms. The molecule has 0 amide bonds. The fourth-order valence-electron chi connectivity index (χ4n) is 2.13. The number of hydrogen-bond donors (Lipinski definition) is 2. The fourth-order valence-corrected chi connectivity index (χ4v) is 4.35. The van der Waals surface area contributed by atoms with Crippen molar-refractivity contribution in [1.82, 2.24) is 10.0 Å². The lowest BCUT2D eigenvalue weighted by Gasteiger charge is -2.29. The van der Waals surface area contributed by atoms with E-state index in [1.807, 2.05) is 17.5 Å². The van der Waals surface area contributed by atoms with Gasteiger partial charge in [-0.25, -0.2) is 13.1 Å². The molecule has 0 saturated carbocycles. The second kappa shape index (κ2) is 6.14. The van der Waals surface area contributed by atoms with Gasteiger partial charge in [0.15, 0.2) is 0 Å². The highest BCUT2D eigenvalue weighted by molar-refractivity contribution is 7.89. The molecular weight excluding hydrogens is 268 g/mol. The summed E-state index contributed by atoms with van der Waals surface area (Å²) in [5.41, 5.74) is 0. The van der Waals surface area contributed by atoms with Crippen LogP contribution in [0.3, 0.4) is 0 Å². The maximum atomic E-state index is 12.0. The van der Waals surface area contributed by atoms with E-state index in [-0.39, 0.29) is 11.8 Å². The zero-order chi connectivity index (χ0) is 13.0. The first-order valence-electron chi connectivity index (χ1n) is 6.30. The number of piperidine rings is 1. The smallest absolute Gasteiger partial charge is 0.212 e. The number of hydrogen-bond acceptors (Lipinski definition) is 4. The highest BCUT2D eigenvalue weighted by atomic mass is 32.2. The summed E-state index contributed by atoms with van der Waals surface area (Å²) in [5.74, 6) is 0.583. The van der Waals surface area contributed by atoms with Gasteiger partial charge >= 0.3 is 0 Å². The fraction of sp³-hybridized carbons (Fsp3) is 0.667. The van der Waals surface area contributed by atoms with Crippen molar-refractivity contribution in [2.45, 2.75) is 25.8 Å². The van der Waals surface area contributed by atoms with E-state index in [1.165, 1.54) is 0 Å². The zero-order valence-corrected chi connectivity index (χ0v) is 12.2. The molecule has 1 saturated heterocycles. The van der Waals surface area contributed by atoms with Crippen LogP contribution < -0.4 is 10.0 Å². The molecule has 6 heteroatoms. The van der Waals surface area contributed by atoms with Crippen LogP contribution in [0.15, 0.2) is 17.5 Å². The van der Waals surface area contributed by atoms with E-state index in [2.05, 4.69) is 17.0 Å². The van der Waals surface area contributed by atoms with Crippen molar-refractivity contribution in [2.75, 3.05) is 18.8 Å². The minimum absolute atomic E-state index is 0.0343. The minimum atomic E-state index is -3.17. The lowest BCUT2D eigenvalue weighted by molar-refractivity contribution is 0.327. The van der Waals surface area contributed by atoms with Crippen molar-refractivity contribution in [3.8, 4) is 0 Å². The van der Waals surface area contributed by atoms with E-state index < -0.39 is 10.0 Å². The van der Waals surface area contributed by atoms with Gasteiger partial charge in [-0.2, -0.15) is 0 Å². The monoisotopic (exact) mass is 288 g/mol. The predicted octanol–water partition coefficient (Wildman–Crippen LogP) is 1.21. The van der Waals surface area contributed by atoms with Gasteiger partial charge < -0.3 is 5.32 Å². The summed E-state index contributed by atoms with van der Waals surface area (Å²) in [4.78, 5) is 1.12. The third kappa shape index (κ3) is 4.05. The summed E-state index contributed by atoms with van der Waals surface area (Å²) in [6.07, 6.45) is 1.62. The Labute approximate surface area is 113 Å². The van der Waals surface area contributed by atoms with E-state index in [4.69, 9.17) is 0 Å². The maximum absolute atomic E-state index is 12.0. The molecule has 1 aliphatic heterocycles. The highest BCUT2D eigenvalue weighted by Gasteiger charge is 2.25. The third-order valence-electron chi connectivity index (χ3n) is 3.36. The summed E-state index contributed by atoms with van der Waals surface area (Å²) in [6, 6.07) is 3.96. The molecule has 1 aliphatic rings. The maximum Gasteiger partial charge on any atom is 0.212 e. The largest absolute Gasteiger partial charge is 0.315 e. The predicted molar refractivity (Wildman–Crippen MR) is 75.4 cm³/mol. The van der Waals surface area contributed by atoms with Gasteiger partial charge in [0.05, 0.1) is 5.75 Å². The Morgan fingerprint density at radius 1 is 1.56 bits per heavy atom. The van der Waals surface area contributed by atoms with Crippen molar-refractivity contribution in [2.24, 2.45) is 5.92 Å². The van der Waals surface area contributed by atoms with E-state index in [1.54, 1.807) is 11.3 Å². The van der Waals surface area contributed by atoms with E-state index in [9.17, 15) is 8.42 Å². The lowest BCUT2D eigenvalue weighted by Crippen LogP contribution is -2.50. The van der Waals surface area contributed by atoms with Gasteiger partial charge in [0.2, 0.25) is 10.0 Å². The van der Waals surface area contributed by atoms with Crippen LogP contribution in [0.4, 0.5) is 0 Å². The Balaban J connectivity index is 1.86. The molecule has 0 radical (unpaired) electrons. The van der Waals surface area contributed by atoms with Gasteiger partial charge in [0, 0.05) is 17.5 Å². The lowest BCUT2D eigenvalue weighted by atomic mass is 9.96. The number of nitrogens with one attached hydrogen (secondary N) is 2. The summed E-state index contributed by atoms with van der Waals surface area (Å²) in [5, 5.41) is 5.21. The topological polar surface area (TPSA) is 58.2 Å². The number of thiophene rings is 1. The molecule has 0 aromatic carbocycles. The second-order valence-electron chi connectivity index (χ2n) is 4.84. The van der Waals surface area contributed by atoms with Gasteiger partial charge in [-0.05, 0) is 36.8 Å². The molecule has 102 valence electrons. The summed E-state index contributed by atoms with van der Waals surface area (Å²) >= 11 is 1.61. The second-order valence-corrected chi connectivity index (χ2v) is 7.75. The Morgan fingerprint density at radius 2 is 2.39 bits per heavy atom. The van der Waals surface area contributed by atoms with Gasteiger partial charge in [0.1, 0.15) is 0 Å². The molecule has 2 N–H and O–H groups in total. The first-order chi connectivity index (χ1) is 8.57. The Bertz CT molecular complexity index is 456. The van der Waals surface area contributed by atoms with E-state index in [0.717, 1.165) is 24.4 Å². The molecule has 2 atom stereocenters. The summed E-state index contributed by atoms with van der Waals surface area (Å²) in [7, 11) is -3.17. The van der Waals surface area contributed by atoms with Gasteiger partial charge in [-0.15, -0.1) is 11.3 Å². The van der Waals surface area contributed by atoms with Crippen LogP contribution in [0, 0.1) is 5.92 Å². The quantitative estimate of drug-likeness (QED) is 0.856. The van der Waals surface area contributed by atoms with Gasteiger partial charge in [-0.1, -0.05) is 13.0 Å². The molecule has 0 spiro atoms. The third-order valence-corrected chi connectivity index (χ3v) is 5.70. The van der Waals surface area contributed by atoms with Crippen molar-refractivity contribution in [3.63, 3.8) is 0 Å². The summed E-state index contributed by atoms with van der Waals surface area (Å²) in [6.45, 7) is 3.82. The molecule has 1 aromatic rings. The molecule has 1 fully saturated rings. The Kier molecular flexibility index (Phi) is 4.77. The van der Waals surface area contributed by atoms with Crippen LogP contribution in [0.2, 0.25) is 0 Å². The van der Waals surface area contributed by atoms with Crippen molar-refractivity contribution >= 4 is 21.4 Å². The normalized spacial score (nSPS) is 25.2. The minimum Gasteiger partial charge on any atom is -0.315 e. The first kappa shape index (κ1) is 14.0. The van der Waals surface area contributed by atoms with Crippen LogP contribution in [-0.2, 0) is 16.4 Å². The SMILES string of the molecule is C[C@@H]1CCNC[C@H]1NS(=O)(=O)CCc1cccs1. The van der Waals surface area contributed by atoms with Gasteiger partial charge in [0.25, 0.3) is 0 Å². The number of aryl methyl sites for hydroxylation is 1. The van der Waals surface area contributed by atoms with E-state index in [0.29, 0.717) is 12.3 Å². The molecular formula is C12H20N2O2S2. The Morgan fingerprint density at radius 3 is 3.06 bits per heavy atom. The van der Waals surface area contributed by atoms with Crippen LogP contribution >= 0.6 is 11.3 Å². The molecule has 2 rings (SSSR count). The average molecular weight is 288 g/mol. The van der Waals surface area contributed by atoms with Crippen LogP contribution in [0.1, 0.15) is 18.2 Å². The van der Waals surface area contributed by atoms with Crippen molar-refractivity contribution < 1.29 is 8.42 Å².